The molecule has 1 N–H and O–H groups in total. The summed E-state index contributed by atoms with van der Waals surface area (Å²) in [6.07, 6.45) is 0.817. The fraction of sp³-hybridized carbons (Fsp3) is 0.250. The first kappa shape index (κ1) is 16.8. The van der Waals surface area contributed by atoms with Crippen LogP contribution in [0.3, 0.4) is 0 Å². The second-order valence-electron chi connectivity index (χ2n) is 4.68. The molecule has 5 heteroatoms. The molecule has 0 spiro atoms. The maximum atomic E-state index is 6.19. The highest BCUT2D eigenvalue weighted by Crippen LogP contribution is 2.30. The molecule has 0 bridgehead atoms. The molecule has 1 unspecified atom stereocenters. The van der Waals surface area contributed by atoms with Crippen molar-refractivity contribution in [1.82, 2.24) is 5.32 Å². The zero-order valence-corrected chi connectivity index (χ0v) is 15.7. The lowest BCUT2D eigenvalue weighted by molar-refractivity contribution is 0.406. The monoisotopic (exact) mass is 431 g/mol. The summed E-state index contributed by atoms with van der Waals surface area (Å²) in [5, 5.41) is 4.06. The zero-order chi connectivity index (χ0) is 15.4. The second kappa shape index (κ2) is 7.63. The van der Waals surface area contributed by atoms with Gasteiger partial charge in [0.15, 0.2) is 0 Å². The van der Waals surface area contributed by atoms with Crippen molar-refractivity contribution in [3.05, 3.63) is 61.5 Å². The number of hydrogen-bond acceptors (Lipinski definition) is 2. The molecule has 0 saturated heterocycles. The molecule has 0 aromatic heterocycles. The average Bonchev–Trinajstić information content (AvgIpc) is 2.48. The highest BCUT2D eigenvalue weighted by atomic mass is 79.9. The van der Waals surface area contributed by atoms with Crippen molar-refractivity contribution in [2.75, 3.05) is 14.2 Å². The molecule has 2 aromatic carbocycles. The minimum absolute atomic E-state index is 0.166. The van der Waals surface area contributed by atoms with Crippen LogP contribution in [0.1, 0.15) is 17.2 Å². The molecule has 1 atom stereocenters. The van der Waals surface area contributed by atoms with Gasteiger partial charge in [-0.1, -0.05) is 33.6 Å². The summed E-state index contributed by atoms with van der Waals surface area (Å²) >= 11 is 13.1. The van der Waals surface area contributed by atoms with E-state index in [9.17, 15) is 0 Å². The summed E-state index contributed by atoms with van der Waals surface area (Å²) in [5.74, 6) is 0.890. The van der Waals surface area contributed by atoms with E-state index in [0.29, 0.717) is 5.02 Å². The van der Waals surface area contributed by atoms with Crippen LogP contribution in [0.25, 0.3) is 0 Å². The first-order valence-electron chi connectivity index (χ1n) is 6.49. The molecular formula is C16H16Br2ClNO. The Bertz CT molecular complexity index is 634. The summed E-state index contributed by atoms with van der Waals surface area (Å²) in [6.45, 7) is 0. The normalized spacial score (nSPS) is 12.2. The third kappa shape index (κ3) is 4.22. The molecule has 0 aliphatic rings. The van der Waals surface area contributed by atoms with Gasteiger partial charge in [0.2, 0.25) is 0 Å². The number of benzene rings is 2. The Labute approximate surface area is 147 Å². The minimum Gasteiger partial charge on any atom is -0.496 e. The summed E-state index contributed by atoms with van der Waals surface area (Å²) < 4.78 is 7.39. The van der Waals surface area contributed by atoms with Gasteiger partial charge in [-0.3, -0.25) is 0 Å². The van der Waals surface area contributed by atoms with E-state index in [0.717, 1.165) is 32.2 Å². The van der Waals surface area contributed by atoms with Gasteiger partial charge in [-0.2, -0.15) is 0 Å². The summed E-state index contributed by atoms with van der Waals surface area (Å²) in [6, 6.07) is 12.2. The standard InChI is InChI=1S/C16H16Br2ClNO/c1-20-15(10-3-5-13(18)14(19)8-10)9-11-7-12(17)4-6-16(11)21-2/h3-8,15,20H,9H2,1-2H3. The molecular weight excluding hydrogens is 417 g/mol. The van der Waals surface area contributed by atoms with E-state index in [1.54, 1.807) is 7.11 Å². The number of methoxy groups -OCH3 is 1. The molecule has 2 nitrogen and oxygen atoms in total. The van der Waals surface area contributed by atoms with Gasteiger partial charge in [0.05, 0.1) is 12.1 Å². The number of rotatable bonds is 5. The van der Waals surface area contributed by atoms with E-state index in [1.165, 1.54) is 0 Å². The van der Waals surface area contributed by atoms with Gasteiger partial charge in [-0.25, -0.2) is 0 Å². The quantitative estimate of drug-likeness (QED) is 0.684. The second-order valence-corrected chi connectivity index (χ2v) is 6.85. The van der Waals surface area contributed by atoms with Crippen LogP contribution < -0.4 is 10.1 Å². The molecule has 2 aromatic rings. The molecule has 0 radical (unpaired) electrons. The Hall–Kier alpha value is -0.550. The van der Waals surface area contributed by atoms with E-state index in [2.05, 4.69) is 49.3 Å². The Morgan fingerprint density at radius 2 is 1.95 bits per heavy atom. The van der Waals surface area contributed by atoms with Gasteiger partial charge in [-0.15, -0.1) is 0 Å². The molecule has 2 rings (SSSR count). The third-order valence-corrected chi connectivity index (χ3v) is 5.09. The summed E-state index contributed by atoms with van der Waals surface area (Å²) in [4.78, 5) is 0. The fourth-order valence-corrected chi connectivity index (χ4v) is 3.09. The largest absolute Gasteiger partial charge is 0.496 e. The van der Waals surface area contributed by atoms with Crippen LogP contribution >= 0.6 is 43.5 Å². The van der Waals surface area contributed by atoms with E-state index < -0.39 is 0 Å². The maximum Gasteiger partial charge on any atom is 0.122 e. The molecule has 0 heterocycles. The molecule has 0 aliphatic carbocycles. The van der Waals surface area contributed by atoms with Gasteiger partial charge >= 0.3 is 0 Å². The van der Waals surface area contributed by atoms with Crippen molar-refractivity contribution in [3.63, 3.8) is 0 Å². The predicted octanol–water partition coefficient (Wildman–Crippen LogP) is 5.38. The Morgan fingerprint density at radius 3 is 2.57 bits per heavy atom. The third-order valence-electron chi connectivity index (χ3n) is 3.36. The Morgan fingerprint density at radius 1 is 1.19 bits per heavy atom. The lowest BCUT2D eigenvalue weighted by Gasteiger charge is -2.19. The SMILES string of the molecule is CNC(Cc1cc(Br)ccc1OC)c1ccc(Br)c(Cl)c1. The van der Waals surface area contributed by atoms with Crippen LogP contribution in [-0.2, 0) is 6.42 Å². The molecule has 0 amide bonds. The van der Waals surface area contributed by atoms with Crippen LogP contribution in [0.15, 0.2) is 45.3 Å². The molecule has 112 valence electrons. The molecule has 0 fully saturated rings. The van der Waals surface area contributed by atoms with Crippen molar-refractivity contribution in [1.29, 1.82) is 0 Å². The summed E-state index contributed by atoms with van der Waals surface area (Å²) in [5.41, 5.74) is 2.29. The average molecular weight is 434 g/mol. The van der Waals surface area contributed by atoms with Crippen molar-refractivity contribution < 1.29 is 4.74 Å². The van der Waals surface area contributed by atoms with Crippen molar-refractivity contribution in [3.8, 4) is 5.75 Å². The minimum atomic E-state index is 0.166. The number of likely N-dealkylation sites (N-methyl/N-ethyl adjacent to an activating group) is 1. The first-order valence-corrected chi connectivity index (χ1v) is 8.46. The van der Waals surface area contributed by atoms with Crippen LogP contribution in [0.4, 0.5) is 0 Å². The van der Waals surface area contributed by atoms with Crippen LogP contribution in [0.2, 0.25) is 5.02 Å². The first-order chi connectivity index (χ1) is 10.0. The smallest absolute Gasteiger partial charge is 0.122 e. The van der Waals surface area contributed by atoms with Gasteiger partial charge < -0.3 is 10.1 Å². The maximum absolute atomic E-state index is 6.19. The van der Waals surface area contributed by atoms with E-state index in [-0.39, 0.29) is 6.04 Å². The molecule has 0 aliphatic heterocycles. The van der Waals surface area contributed by atoms with Gasteiger partial charge in [0.25, 0.3) is 0 Å². The topological polar surface area (TPSA) is 21.3 Å². The van der Waals surface area contributed by atoms with Crippen LogP contribution in [0, 0.1) is 0 Å². The van der Waals surface area contributed by atoms with Crippen molar-refractivity contribution in [2.24, 2.45) is 0 Å². The fourth-order valence-electron chi connectivity index (χ4n) is 2.24. The molecule has 0 saturated carbocycles. The number of hydrogen-bond donors (Lipinski definition) is 1. The van der Waals surface area contributed by atoms with E-state index in [4.69, 9.17) is 16.3 Å². The lowest BCUT2D eigenvalue weighted by Crippen LogP contribution is -2.19. The number of nitrogens with one attached hydrogen (secondary N) is 1. The molecule has 21 heavy (non-hydrogen) atoms. The van der Waals surface area contributed by atoms with Crippen molar-refractivity contribution >= 4 is 43.5 Å². The highest BCUT2D eigenvalue weighted by molar-refractivity contribution is 9.10. The number of ether oxygens (including phenoxy) is 1. The summed E-state index contributed by atoms with van der Waals surface area (Å²) in [7, 11) is 3.64. The van der Waals surface area contributed by atoms with E-state index in [1.807, 2.05) is 31.3 Å². The van der Waals surface area contributed by atoms with Gasteiger partial charge in [0.1, 0.15) is 5.75 Å². The predicted molar refractivity (Wildman–Crippen MR) is 95.4 cm³/mol. The number of halogens is 3. The Kier molecular flexibility index (Phi) is 6.11. The van der Waals surface area contributed by atoms with E-state index >= 15 is 0 Å². The lowest BCUT2D eigenvalue weighted by atomic mass is 9.98. The van der Waals surface area contributed by atoms with Gasteiger partial charge in [-0.05, 0) is 70.9 Å². The van der Waals surface area contributed by atoms with Crippen molar-refractivity contribution in [2.45, 2.75) is 12.5 Å². The van der Waals surface area contributed by atoms with Gasteiger partial charge in [0, 0.05) is 15.0 Å². The zero-order valence-electron chi connectivity index (χ0n) is 11.8. The Balaban J connectivity index is 2.30. The van der Waals surface area contributed by atoms with Crippen LogP contribution in [-0.4, -0.2) is 14.2 Å². The van der Waals surface area contributed by atoms with Crippen LogP contribution in [0.5, 0.6) is 5.75 Å². The highest BCUT2D eigenvalue weighted by Gasteiger charge is 2.14.